The number of halogens is 1. The van der Waals surface area contributed by atoms with Gasteiger partial charge >= 0.3 is 0 Å². The lowest BCUT2D eigenvalue weighted by Gasteiger charge is -2.37. The van der Waals surface area contributed by atoms with Gasteiger partial charge in [0.15, 0.2) is 0 Å². The summed E-state index contributed by atoms with van der Waals surface area (Å²) < 4.78 is 52.0. The Morgan fingerprint density at radius 1 is 0.833 bits per heavy atom. The molecule has 10 heteroatoms. The van der Waals surface area contributed by atoms with Crippen molar-refractivity contribution in [3.8, 4) is 11.5 Å². The third kappa shape index (κ3) is 5.54. The molecule has 0 N–H and O–H groups in total. The summed E-state index contributed by atoms with van der Waals surface area (Å²) in [7, 11) is -0.998. The number of carbonyl (C=O) groups excluding carboxylic acids is 1. The van der Waals surface area contributed by atoms with Crippen LogP contribution >= 0.6 is 0 Å². The molecule has 1 amide bonds. The fourth-order valence-electron chi connectivity index (χ4n) is 4.03. The minimum Gasteiger partial charge on any atom is -0.497 e. The number of methoxy groups -OCH3 is 2. The second-order valence-electron chi connectivity index (χ2n) is 8.23. The number of carbonyl (C=O) groups is 1. The number of amides is 1. The van der Waals surface area contributed by atoms with Crippen molar-refractivity contribution >= 4 is 27.3 Å². The highest BCUT2D eigenvalue weighted by Gasteiger charge is 2.30. The first-order valence-corrected chi connectivity index (χ1v) is 12.8. The van der Waals surface area contributed by atoms with E-state index in [0.29, 0.717) is 31.9 Å². The predicted molar refractivity (Wildman–Crippen MR) is 136 cm³/mol. The Hall–Kier alpha value is -3.79. The van der Waals surface area contributed by atoms with E-state index in [4.69, 9.17) is 9.47 Å². The van der Waals surface area contributed by atoms with Crippen LogP contribution in [-0.4, -0.2) is 66.2 Å². The van der Waals surface area contributed by atoms with Gasteiger partial charge in [-0.2, -0.15) is 0 Å². The topological polar surface area (TPSA) is 79.4 Å². The summed E-state index contributed by atoms with van der Waals surface area (Å²) >= 11 is 0. The van der Waals surface area contributed by atoms with Crippen LogP contribution in [0.2, 0.25) is 0 Å². The number of nitrogens with zero attached hydrogens (tertiary/aromatic N) is 3. The van der Waals surface area contributed by atoms with Gasteiger partial charge in [0.2, 0.25) is 5.91 Å². The van der Waals surface area contributed by atoms with E-state index in [-0.39, 0.29) is 16.5 Å². The van der Waals surface area contributed by atoms with Crippen molar-refractivity contribution in [3.63, 3.8) is 0 Å². The van der Waals surface area contributed by atoms with Gasteiger partial charge in [0.1, 0.15) is 23.9 Å². The van der Waals surface area contributed by atoms with E-state index < -0.39 is 22.4 Å². The van der Waals surface area contributed by atoms with E-state index in [1.165, 1.54) is 55.6 Å². The molecular weight excluding hydrogens is 485 g/mol. The third-order valence-electron chi connectivity index (χ3n) is 6.11. The van der Waals surface area contributed by atoms with Crippen LogP contribution in [0.15, 0.2) is 77.7 Å². The molecular formula is C26H28FN3O5S. The Kier molecular flexibility index (Phi) is 7.64. The predicted octanol–water partition coefficient (Wildman–Crippen LogP) is 3.39. The normalized spacial score (nSPS) is 13.9. The number of sulfonamides is 1. The van der Waals surface area contributed by atoms with Gasteiger partial charge in [-0.05, 0) is 72.8 Å². The van der Waals surface area contributed by atoms with Crippen LogP contribution in [0, 0.1) is 5.82 Å². The minimum atomic E-state index is -4.10. The zero-order valence-corrected chi connectivity index (χ0v) is 20.9. The Morgan fingerprint density at radius 2 is 1.36 bits per heavy atom. The molecule has 4 rings (SSSR count). The maximum atomic E-state index is 13.6. The smallest absolute Gasteiger partial charge is 0.264 e. The minimum absolute atomic E-state index is 0.00440. The SMILES string of the molecule is COc1ccc(N2CCN(C(=O)CN(c3ccc(F)cc3)S(=O)(=O)c3ccc(OC)cc3)CC2)cc1. The fraction of sp³-hybridized carbons (Fsp3) is 0.269. The van der Waals surface area contributed by atoms with Crippen molar-refractivity contribution in [1.29, 1.82) is 0 Å². The Labute approximate surface area is 210 Å². The molecule has 1 heterocycles. The van der Waals surface area contributed by atoms with E-state index in [2.05, 4.69) is 4.90 Å². The van der Waals surface area contributed by atoms with Gasteiger partial charge in [-0.15, -0.1) is 0 Å². The summed E-state index contributed by atoms with van der Waals surface area (Å²) in [5.41, 5.74) is 1.23. The van der Waals surface area contributed by atoms with Gasteiger partial charge in [0.25, 0.3) is 10.0 Å². The molecule has 0 saturated carbocycles. The van der Waals surface area contributed by atoms with Gasteiger partial charge in [-0.25, -0.2) is 12.8 Å². The molecule has 1 aliphatic heterocycles. The van der Waals surface area contributed by atoms with E-state index in [1.54, 1.807) is 12.0 Å². The molecule has 0 spiro atoms. The van der Waals surface area contributed by atoms with E-state index in [0.717, 1.165) is 15.7 Å². The van der Waals surface area contributed by atoms with Gasteiger partial charge in [-0.1, -0.05) is 0 Å². The zero-order valence-electron chi connectivity index (χ0n) is 20.1. The summed E-state index contributed by atoms with van der Waals surface area (Å²) in [4.78, 5) is 17.1. The second kappa shape index (κ2) is 10.9. The summed E-state index contributed by atoms with van der Waals surface area (Å²) in [5, 5.41) is 0. The Balaban J connectivity index is 1.51. The van der Waals surface area contributed by atoms with Gasteiger partial charge in [0, 0.05) is 31.9 Å². The van der Waals surface area contributed by atoms with Crippen molar-refractivity contribution in [1.82, 2.24) is 4.90 Å². The quantitative estimate of drug-likeness (QED) is 0.460. The van der Waals surface area contributed by atoms with E-state index in [1.807, 2.05) is 24.3 Å². The highest BCUT2D eigenvalue weighted by Crippen LogP contribution is 2.26. The summed E-state index contributed by atoms with van der Waals surface area (Å²) in [6.45, 7) is 1.72. The number of ether oxygens (including phenoxy) is 2. The van der Waals surface area contributed by atoms with Crippen molar-refractivity contribution < 1.29 is 27.1 Å². The summed E-state index contributed by atoms with van der Waals surface area (Å²) in [6.07, 6.45) is 0. The van der Waals surface area contributed by atoms with Crippen LogP contribution < -0.4 is 18.7 Å². The molecule has 0 aromatic heterocycles. The van der Waals surface area contributed by atoms with Crippen molar-refractivity contribution in [2.45, 2.75) is 4.90 Å². The van der Waals surface area contributed by atoms with E-state index in [9.17, 15) is 17.6 Å². The molecule has 0 unspecified atom stereocenters. The van der Waals surface area contributed by atoms with Gasteiger partial charge < -0.3 is 19.3 Å². The second-order valence-corrected chi connectivity index (χ2v) is 10.1. The molecule has 1 saturated heterocycles. The average Bonchev–Trinajstić information content (AvgIpc) is 2.92. The summed E-state index contributed by atoms with van der Waals surface area (Å²) in [6, 6.07) is 18.7. The van der Waals surface area contributed by atoms with Crippen LogP contribution in [0.5, 0.6) is 11.5 Å². The zero-order chi connectivity index (χ0) is 25.7. The first-order chi connectivity index (χ1) is 17.3. The molecule has 190 valence electrons. The van der Waals surface area contributed by atoms with Crippen molar-refractivity contribution in [2.24, 2.45) is 0 Å². The van der Waals surface area contributed by atoms with E-state index >= 15 is 0 Å². The highest BCUT2D eigenvalue weighted by atomic mass is 32.2. The number of hydrogen-bond acceptors (Lipinski definition) is 6. The highest BCUT2D eigenvalue weighted by molar-refractivity contribution is 7.92. The molecule has 0 atom stereocenters. The van der Waals surface area contributed by atoms with Crippen molar-refractivity contribution in [3.05, 3.63) is 78.6 Å². The Morgan fingerprint density at radius 3 is 1.89 bits per heavy atom. The largest absolute Gasteiger partial charge is 0.497 e. The number of hydrogen-bond donors (Lipinski definition) is 0. The van der Waals surface area contributed by atoms with Crippen LogP contribution in [0.3, 0.4) is 0 Å². The van der Waals surface area contributed by atoms with Crippen LogP contribution in [0.25, 0.3) is 0 Å². The molecule has 1 aliphatic rings. The first kappa shape index (κ1) is 25.3. The summed E-state index contributed by atoms with van der Waals surface area (Å²) in [5.74, 6) is 0.451. The molecule has 0 bridgehead atoms. The first-order valence-electron chi connectivity index (χ1n) is 11.4. The molecule has 8 nitrogen and oxygen atoms in total. The molecule has 0 radical (unpaired) electrons. The number of rotatable bonds is 8. The lowest BCUT2D eigenvalue weighted by Crippen LogP contribution is -2.52. The monoisotopic (exact) mass is 513 g/mol. The standard InChI is InChI=1S/C26H28FN3O5S/c1-34-23-9-7-21(8-10-23)28-15-17-29(18-16-28)26(31)19-30(22-5-3-20(27)4-6-22)36(32,33)25-13-11-24(35-2)12-14-25/h3-14H,15-19H2,1-2H3. The van der Waals surface area contributed by atoms with Crippen LogP contribution in [0.1, 0.15) is 0 Å². The molecule has 3 aromatic rings. The van der Waals surface area contributed by atoms with Crippen LogP contribution in [-0.2, 0) is 14.8 Å². The maximum Gasteiger partial charge on any atom is 0.264 e. The lowest BCUT2D eigenvalue weighted by atomic mass is 10.2. The molecule has 36 heavy (non-hydrogen) atoms. The number of anilines is 2. The van der Waals surface area contributed by atoms with Gasteiger partial charge in [-0.3, -0.25) is 9.10 Å². The number of benzene rings is 3. The van der Waals surface area contributed by atoms with Crippen LogP contribution in [0.4, 0.5) is 15.8 Å². The van der Waals surface area contributed by atoms with Crippen molar-refractivity contribution in [2.75, 3.05) is 56.1 Å². The molecule has 3 aromatic carbocycles. The third-order valence-corrected chi connectivity index (χ3v) is 7.90. The molecule has 1 fully saturated rings. The average molecular weight is 514 g/mol. The molecule has 0 aliphatic carbocycles. The van der Waals surface area contributed by atoms with Gasteiger partial charge in [0.05, 0.1) is 24.8 Å². The number of piperazine rings is 1. The maximum absolute atomic E-state index is 13.6. The Bertz CT molecular complexity index is 1270. The fourth-order valence-corrected chi connectivity index (χ4v) is 5.44. The lowest BCUT2D eigenvalue weighted by molar-refractivity contribution is -0.129.